The zero-order chi connectivity index (χ0) is 14.9. The van der Waals surface area contributed by atoms with Gasteiger partial charge in [-0.05, 0) is 20.3 Å². The predicted octanol–water partition coefficient (Wildman–Crippen LogP) is 0.594. The monoisotopic (exact) mass is 281 g/mol. The normalized spacial score (nSPS) is 22.1. The summed E-state index contributed by atoms with van der Waals surface area (Å²) in [5.74, 6) is -0.0372. The van der Waals surface area contributed by atoms with Gasteiger partial charge in [-0.3, -0.25) is 9.48 Å². The van der Waals surface area contributed by atoms with Crippen molar-refractivity contribution in [3.8, 4) is 0 Å². The molecule has 20 heavy (non-hydrogen) atoms. The third-order valence-electron chi connectivity index (χ3n) is 3.44. The van der Waals surface area contributed by atoms with Gasteiger partial charge < -0.3 is 14.7 Å². The van der Waals surface area contributed by atoms with E-state index in [1.165, 1.54) is 0 Å². The number of hydrogen-bond acceptors (Lipinski definition) is 4. The molecule has 1 unspecified atom stereocenters. The Morgan fingerprint density at radius 1 is 1.60 bits per heavy atom. The van der Waals surface area contributed by atoms with Gasteiger partial charge in [-0.25, -0.2) is 0 Å². The van der Waals surface area contributed by atoms with E-state index in [2.05, 4.69) is 5.10 Å². The highest BCUT2D eigenvalue weighted by Gasteiger charge is 2.36. The van der Waals surface area contributed by atoms with Crippen molar-refractivity contribution < 1.29 is 14.6 Å². The Morgan fingerprint density at radius 2 is 2.30 bits per heavy atom. The summed E-state index contributed by atoms with van der Waals surface area (Å²) in [6.07, 6.45) is 2.15. The lowest BCUT2D eigenvalue weighted by molar-refractivity contribution is -0.139. The molecule has 0 saturated carbocycles. The Hall–Kier alpha value is -1.40. The van der Waals surface area contributed by atoms with Crippen LogP contribution in [0.2, 0.25) is 0 Å². The second-order valence-corrected chi connectivity index (χ2v) is 5.88. The summed E-state index contributed by atoms with van der Waals surface area (Å²) in [6, 6.07) is 0. The fourth-order valence-electron chi connectivity index (χ4n) is 2.69. The van der Waals surface area contributed by atoms with Gasteiger partial charge in [0, 0.05) is 26.3 Å². The molecule has 6 nitrogen and oxygen atoms in total. The number of aliphatic hydroxyl groups excluding tert-OH is 1. The molecule has 112 valence electrons. The minimum Gasteiger partial charge on any atom is -0.394 e. The zero-order valence-electron chi connectivity index (χ0n) is 12.6. The molecule has 0 bridgehead atoms. The number of aryl methyl sites for hydroxylation is 2. The summed E-state index contributed by atoms with van der Waals surface area (Å²) >= 11 is 0. The number of carbonyl (C=O) groups is 1. The van der Waals surface area contributed by atoms with Crippen molar-refractivity contribution in [2.45, 2.75) is 38.9 Å². The van der Waals surface area contributed by atoms with Crippen molar-refractivity contribution in [2.24, 2.45) is 7.05 Å². The molecule has 0 radical (unpaired) electrons. The van der Waals surface area contributed by atoms with E-state index >= 15 is 0 Å². The molecule has 1 saturated heterocycles. The molecule has 6 heteroatoms. The average molecular weight is 281 g/mol. The number of hydrogen-bond donors (Lipinski definition) is 1. The molecule has 1 aliphatic rings. The van der Waals surface area contributed by atoms with Crippen LogP contribution in [0.15, 0.2) is 6.20 Å². The Labute approximate surface area is 119 Å². The number of amides is 1. The fourth-order valence-corrected chi connectivity index (χ4v) is 2.69. The minimum atomic E-state index is -0.449. The Kier molecular flexibility index (Phi) is 4.15. The molecule has 1 amide bonds. The second-order valence-electron chi connectivity index (χ2n) is 5.88. The maximum atomic E-state index is 12.7. The van der Waals surface area contributed by atoms with Crippen LogP contribution in [0.5, 0.6) is 0 Å². The first-order valence-corrected chi connectivity index (χ1v) is 6.96. The van der Waals surface area contributed by atoms with Crippen molar-refractivity contribution >= 4 is 5.91 Å². The Bertz CT molecular complexity index is 496. The molecule has 0 spiro atoms. The van der Waals surface area contributed by atoms with Crippen LogP contribution >= 0.6 is 0 Å². The van der Waals surface area contributed by atoms with Gasteiger partial charge in [-0.15, -0.1) is 0 Å². The highest BCUT2D eigenvalue weighted by Crippen LogP contribution is 2.23. The van der Waals surface area contributed by atoms with E-state index in [-0.39, 0.29) is 18.6 Å². The molecule has 1 atom stereocenters. The smallest absolute Gasteiger partial charge is 0.257 e. The largest absolute Gasteiger partial charge is 0.394 e. The quantitative estimate of drug-likeness (QED) is 0.881. The summed E-state index contributed by atoms with van der Waals surface area (Å²) in [6.45, 7) is 6.69. The first-order valence-electron chi connectivity index (χ1n) is 6.96. The van der Waals surface area contributed by atoms with Crippen LogP contribution in [0, 0.1) is 0 Å². The lowest BCUT2D eigenvalue weighted by atomic mass is 10.0. The first kappa shape index (κ1) is 15.0. The van der Waals surface area contributed by atoms with Crippen molar-refractivity contribution in [3.63, 3.8) is 0 Å². The van der Waals surface area contributed by atoms with Gasteiger partial charge in [-0.2, -0.15) is 5.10 Å². The molecular weight excluding hydrogens is 258 g/mol. The van der Waals surface area contributed by atoms with E-state index in [1.54, 1.807) is 15.8 Å². The van der Waals surface area contributed by atoms with Gasteiger partial charge in [0.05, 0.1) is 29.6 Å². The first-order chi connectivity index (χ1) is 9.36. The van der Waals surface area contributed by atoms with Crippen molar-refractivity contribution in [2.75, 3.05) is 19.7 Å². The fraction of sp³-hybridized carbons (Fsp3) is 0.714. The molecule has 0 aliphatic carbocycles. The summed E-state index contributed by atoms with van der Waals surface area (Å²) in [5, 5.41) is 13.6. The number of aromatic nitrogens is 2. The molecule has 2 rings (SSSR count). The average Bonchev–Trinajstić information content (AvgIpc) is 2.77. The van der Waals surface area contributed by atoms with Crippen LogP contribution in [-0.4, -0.2) is 57.1 Å². The van der Waals surface area contributed by atoms with Crippen LogP contribution < -0.4 is 0 Å². The van der Waals surface area contributed by atoms with E-state index in [4.69, 9.17) is 4.74 Å². The van der Waals surface area contributed by atoms with Gasteiger partial charge in [0.25, 0.3) is 5.91 Å². The predicted molar refractivity (Wildman–Crippen MR) is 74.5 cm³/mol. The molecule has 2 heterocycles. The molecule has 1 aromatic rings. The van der Waals surface area contributed by atoms with Crippen molar-refractivity contribution in [1.29, 1.82) is 0 Å². The molecule has 1 fully saturated rings. The maximum Gasteiger partial charge on any atom is 0.257 e. The minimum absolute atomic E-state index is 0.0372. The SMILES string of the molecule is CCc1nn(C)cc1C(=O)N1CC(CO)OC(C)(C)C1. The van der Waals surface area contributed by atoms with Crippen LogP contribution in [0.3, 0.4) is 0 Å². The van der Waals surface area contributed by atoms with Gasteiger partial charge in [0.15, 0.2) is 0 Å². The lowest BCUT2D eigenvalue weighted by Gasteiger charge is -2.42. The number of rotatable bonds is 3. The Balaban J connectivity index is 2.23. The summed E-state index contributed by atoms with van der Waals surface area (Å²) in [7, 11) is 1.82. The molecule has 1 aliphatic heterocycles. The van der Waals surface area contributed by atoms with Gasteiger partial charge in [0.2, 0.25) is 0 Å². The van der Waals surface area contributed by atoms with Crippen LogP contribution in [0.1, 0.15) is 36.8 Å². The van der Waals surface area contributed by atoms with Gasteiger partial charge >= 0.3 is 0 Å². The number of ether oxygens (including phenoxy) is 1. The lowest BCUT2D eigenvalue weighted by Crippen LogP contribution is -2.55. The number of morpholine rings is 1. The molecular formula is C14H23N3O3. The van der Waals surface area contributed by atoms with E-state index in [1.807, 2.05) is 27.8 Å². The standard InChI is InChI=1S/C14H23N3O3/c1-5-12-11(7-16(4)15-12)13(19)17-6-10(8-18)20-14(2,3)9-17/h7,10,18H,5-6,8-9H2,1-4H3. The molecule has 1 aromatic heterocycles. The highest BCUT2D eigenvalue weighted by molar-refractivity contribution is 5.95. The zero-order valence-corrected chi connectivity index (χ0v) is 12.6. The van der Waals surface area contributed by atoms with Crippen molar-refractivity contribution in [1.82, 2.24) is 14.7 Å². The summed E-state index contributed by atoms with van der Waals surface area (Å²) < 4.78 is 7.40. The van der Waals surface area contributed by atoms with Crippen molar-refractivity contribution in [3.05, 3.63) is 17.5 Å². The van der Waals surface area contributed by atoms with Crippen LogP contribution in [0.25, 0.3) is 0 Å². The van der Waals surface area contributed by atoms with E-state index in [9.17, 15) is 9.90 Å². The van der Waals surface area contributed by atoms with E-state index in [0.717, 1.165) is 12.1 Å². The third kappa shape index (κ3) is 3.02. The Morgan fingerprint density at radius 3 is 2.90 bits per heavy atom. The molecule has 1 N–H and O–H groups in total. The topological polar surface area (TPSA) is 67.6 Å². The second kappa shape index (κ2) is 5.54. The van der Waals surface area contributed by atoms with E-state index in [0.29, 0.717) is 18.7 Å². The highest BCUT2D eigenvalue weighted by atomic mass is 16.5. The van der Waals surface area contributed by atoms with E-state index < -0.39 is 5.60 Å². The summed E-state index contributed by atoms with van der Waals surface area (Å²) in [5.41, 5.74) is 1.00. The van der Waals surface area contributed by atoms with Gasteiger partial charge in [0.1, 0.15) is 0 Å². The maximum absolute atomic E-state index is 12.7. The summed E-state index contributed by atoms with van der Waals surface area (Å²) in [4.78, 5) is 14.4. The molecule has 0 aromatic carbocycles. The number of nitrogens with zero attached hydrogens (tertiary/aromatic N) is 3. The number of carbonyl (C=O) groups excluding carboxylic acids is 1. The van der Waals surface area contributed by atoms with Crippen LogP contribution in [-0.2, 0) is 18.2 Å². The number of aliphatic hydroxyl groups is 1. The third-order valence-corrected chi connectivity index (χ3v) is 3.44. The van der Waals surface area contributed by atoms with Crippen LogP contribution in [0.4, 0.5) is 0 Å². The van der Waals surface area contributed by atoms with Gasteiger partial charge in [-0.1, -0.05) is 6.92 Å².